The van der Waals surface area contributed by atoms with Crippen LogP contribution in [0.3, 0.4) is 0 Å². The molecule has 0 amide bonds. The molecule has 2 nitrogen and oxygen atoms in total. The largest absolute Gasteiger partial charge is 0.508 e. The highest BCUT2D eigenvalue weighted by atomic mass is 32.2. The smallest absolute Gasteiger partial charge is 0.120 e. The van der Waals surface area contributed by atoms with Crippen LogP contribution < -0.4 is 5.32 Å². The van der Waals surface area contributed by atoms with E-state index in [2.05, 4.69) is 17.4 Å². The number of thioether (sulfide) groups is 1. The van der Waals surface area contributed by atoms with E-state index in [1.807, 2.05) is 30.0 Å². The molecule has 1 aliphatic rings. The molecule has 1 atom stereocenters. The average Bonchev–Trinajstić information content (AvgIpc) is 2.94. The van der Waals surface area contributed by atoms with Crippen LogP contribution in [0.4, 0.5) is 0 Å². The zero-order chi connectivity index (χ0) is 13.1. The number of phenols is 1. The highest BCUT2D eigenvalue weighted by Crippen LogP contribution is 2.27. The summed E-state index contributed by atoms with van der Waals surface area (Å²) >= 11 is 2.04. The Hall–Kier alpha value is -1.19. The Kier molecular flexibility index (Phi) is 3.95. The second kappa shape index (κ2) is 5.85. The lowest BCUT2D eigenvalue weighted by atomic mass is 10.0. The molecule has 0 bridgehead atoms. The summed E-state index contributed by atoms with van der Waals surface area (Å²) in [6.07, 6.45) is 1.32. The maximum atomic E-state index is 10.1. The minimum atomic E-state index is 0.395. The Morgan fingerprint density at radius 2 is 2.11 bits per heavy atom. The number of benzene rings is 2. The van der Waals surface area contributed by atoms with E-state index in [1.54, 1.807) is 6.07 Å². The van der Waals surface area contributed by atoms with Gasteiger partial charge in [0.15, 0.2) is 0 Å². The van der Waals surface area contributed by atoms with Gasteiger partial charge < -0.3 is 10.4 Å². The molecular formula is C16H19NOS. The Labute approximate surface area is 118 Å². The van der Waals surface area contributed by atoms with Crippen molar-refractivity contribution in [1.29, 1.82) is 0 Å². The van der Waals surface area contributed by atoms with E-state index in [0.29, 0.717) is 5.75 Å². The molecule has 0 aromatic heterocycles. The van der Waals surface area contributed by atoms with Crippen LogP contribution in [0.25, 0.3) is 10.8 Å². The van der Waals surface area contributed by atoms with Crippen molar-refractivity contribution in [3.05, 3.63) is 42.0 Å². The first-order valence-electron chi connectivity index (χ1n) is 6.82. The molecule has 1 saturated heterocycles. The summed E-state index contributed by atoms with van der Waals surface area (Å²) in [5.74, 6) is 3.76. The van der Waals surface area contributed by atoms with Crippen LogP contribution in [0.1, 0.15) is 12.0 Å². The fourth-order valence-corrected chi connectivity index (χ4v) is 3.94. The van der Waals surface area contributed by atoms with E-state index in [-0.39, 0.29) is 0 Å². The lowest BCUT2D eigenvalue weighted by Gasteiger charge is -2.13. The highest BCUT2D eigenvalue weighted by molar-refractivity contribution is 7.99. The predicted molar refractivity (Wildman–Crippen MR) is 82.8 cm³/mol. The summed E-state index contributed by atoms with van der Waals surface area (Å²) in [4.78, 5) is 0. The van der Waals surface area contributed by atoms with Gasteiger partial charge in [0.25, 0.3) is 0 Å². The third kappa shape index (κ3) is 2.88. The second-order valence-corrected chi connectivity index (χ2v) is 6.29. The lowest BCUT2D eigenvalue weighted by Crippen LogP contribution is -2.22. The molecule has 1 heterocycles. The van der Waals surface area contributed by atoms with E-state index in [9.17, 15) is 5.11 Å². The predicted octanol–water partition coefficient (Wildman–Crippen LogP) is 3.39. The Morgan fingerprint density at radius 3 is 2.95 bits per heavy atom. The third-order valence-corrected chi connectivity index (χ3v) is 5.01. The van der Waals surface area contributed by atoms with Gasteiger partial charge >= 0.3 is 0 Å². The molecule has 2 aromatic carbocycles. The average molecular weight is 273 g/mol. The fourth-order valence-electron chi connectivity index (χ4n) is 2.66. The van der Waals surface area contributed by atoms with Crippen molar-refractivity contribution in [1.82, 2.24) is 5.32 Å². The van der Waals surface area contributed by atoms with Crippen molar-refractivity contribution in [3.8, 4) is 5.75 Å². The van der Waals surface area contributed by atoms with Crippen LogP contribution in [0.5, 0.6) is 5.75 Å². The maximum Gasteiger partial charge on any atom is 0.120 e. The normalized spacial score (nSPS) is 19.1. The van der Waals surface area contributed by atoms with Crippen molar-refractivity contribution >= 4 is 22.5 Å². The van der Waals surface area contributed by atoms with Gasteiger partial charge in [-0.2, -0.15) is 11.8 Å². The number of rotatable bonds is 4. The monoisotopic (exact) mass is 273 g/mol. The standard InChI is InChI=1S/C16H19NOS/c18-16-6-5-13-3-1-2-4-14(13)15(16)10-17-9-12-7-8-19-11-12/h1-6,12,17-18H,7-11H2. The molecular weight excluding hydrogens is 254 g/mol. The van der Waals surface area contributed by atoms with Crippen LogP contribution >= 0.6 is 11.8 Å². The van der Waals surface area contributed by atoms with Crippen molar-refractivity contribution in [3.63, 3.8) is 0 Å². The number of fused-ring (bicyclic) bond motifs is 1. The first-order valence-corrected chi connectivity index (χ1v) is 7.98. The summed E-state index contributed by atoms with van der Waals surface area (Å²) < 4.78 is 0. The van der Waals surface area contributed by atoms with Crippen LogP contribution in [-0.4, -0.2) is 23.2 Å². The first kappa shape index (κ1) is 12.8. The Morgan fingerprint density at radius 1 is 1.21 bits per heavy atom. The zero-order valence-electron chi connectivity index (χ0n) is 10.9. The van der Waals surface area contributed by atoms with Gasteiger partial charge in [0, 0.05) is 12.1 Å². The van der Waals surface area contributed by atoms with Crippen LogP contribution in [0.15, 0.2) is 36.4 Å². The van der Waals surface area contributed by atoms with Crippen LogP contribution in [0, 0.1) is 5.92 Å². The molecule has 1 unspecified atom stereocenters. The maximum absolute atomic E-state index is 10.1. The van der Waals surface area contributed by atoms with Crippen molar-refractivity contribution in [2.75, 3.05) is 18.1 Å². The fraction of sp³-hybridized carbons (Fsp3) is 0.375. The molecule has 19 heavy (non-hydrogen) atoms. The molecule has 2 N–H and O–H groups in total. The number of hydrogen-bond acceptors (Lipinski definition) is 3. The van der Waals surface area contributed by atoms with Gasteiger partial charge in [-0.05, 0) is 47.2 Å². The van der Waals surface area contributed by atoms with Gasteiger partial charge in [-0.3, -0.25) is 0 Å². The molecule has 0 radical (unpaired) electrons. The minimum absolute atomic E-state index is 0.395. The molecule has 1 aliphatic heterocycles. The molecule has 0 saturated carbocycles. The van der Waals surface area contributed by atoms with E-state index in [0.717, 1.165) is 30.0 Å². The molecule has 100 valence electrons. The second-order valence-electron chi connectivity index (χ2n) is 5.14. The van der Waals surface area contributed by atoms with Gasteiger partial charge in [-0.25, -0.2) is 0 Å². The van der Waals surface area contributed by atoms with E-state index in [4.69, 9.17) is 0 Å². The van der Waals surface area contributed by atoms with Gasteiger partial charge in [0.2, 0.25) is 0 Å². The van der Waals surface area contributed by atoms with Crippen molar-refractivity contribution < 1.29 is 5.11 Å². The minimum Gasteiger partial charge on any atom is -0.508 e. The van der Waals surface area contributed by atoms with Crippen LogP contribution in [0.2, 0.25) is 0 Å². The van der Waals surface area contributed by atoms with Crippen molar-refractivity contribution in [2.24, 2.45) is 5.92 Å². The zero-order valence-corrected chi connectivity index (χ0v) is 11.7. The first-order chi connectivity index (χ1) is 9.34. The van der Waals surface area contributed by atoms with Gasteiger partial charge in [-0.15, -0.1) is 0 Å². The van der Waals surface area contributed by atoms with Crippen molar-refractivity contribution in [2.45, 2.75) is 13.0 Å². The molecule has 0 aliphatic carbocycles. The van der Waals surface area contributed by atoms with Gasteiger partial charge in [0.05, 0.1) is 0 Å². The number of hydrogen-bond donors (Lipinski definition) is 2. The summed E-state index contributed by atoms with van der Waals surface area (Å²) in [5.41, 5.74) is 1.02. The molecule has 0 spiro atoms. The van der Waals surface area contributed by atoms with E-state index >= 15 is 0 Å². The number of aromatic hydroxyl groups is 1. The number of phenolic OH excluding ortho intramolecular Hbond substituents is 1. The Balaban J connectivity index is 1.74. The SMILES string of the molecule is Oc1ccc2ccccc2c1CNCC1CCSC1. The highest BCUT2D eigenvalue weighted by Gasteiger charge is 2.15. The summed E-state index contributed by atoms with van der Waals surface area (Å²) in [7, 11) is 0. The Bertz CT molecular complexity index is 564. The molecule has 1 fully saturated rings. The third-order valence-electron chi connectivity index (χ3n) is 3.77. The molecule has 3 heteroatoms. The van der Waals surface area contributed by atoms with E-state index < -0.39 is 0 Å². The summed E-state index contributed by atoms with van der Waals surface area (Å²) in [5, 5.41) is 15.9. The van der Waals surface area contributed by atoms with Gasteiger partial charge in [0.1, 0.15) is 5.75 Å². The topological polar surface area (TPSA) is 32.3 Å². The van der Waals surface area contributed by atoms with Gasteiger partial charge in [-0.1, -0.05) is 30.3 Å². The van der Waals surface area contributed by atoms with E-state index in [1.165, 1.54) is 23.3 Å². The molecule has 2 aromatic rings. The quantitative estimate of drug-likeness (QED) is 0.895. The van der Waals surface area contributed by atoms with Crippen LogP contribution in [-0.2, 0) is 6.54 Å². The lowest BCUT2D eigenvalue weighted by molar-refractivity contribution is 0.461. The summed E-state index contributed by atoms with van der Waals surface area (Å²) in [6, 6.07) is 12.0. The summed E-state index contributed by atoms with van der Waals surface area (Å²) in [6.45, 7) is 1.80. The molecule has 3 rings (SSSR count). The number of nitrogens with one attached hydrogen (secondary N) is 1.